The first-order valence-corrected chi connectivity index (χ1v) is 12.6. The fraction of sp³-hybridized carbons (Fsp3) is 0.308. The summed E-state index contributed by atoms with van der Waals surface area (Å²) in [6.07, 6.45) is -3.53. The van der Waals surface area contributed by atoms with Gasteiger partial charge in [-0.25, -0.2) is 14.8 Å². The molecule has 16 heteroatoms. The molecule has 1 unspecified atom stereocenters. The number of hydrogen-bond donors (Lipinski definition) is 3. The summed E-state index contributed by atoms with van der Waals surface area (Å²) in [5.41, 5.74) is 3.80. The number of aryl methyl sites for hydroxylation is 1. The van der Waals surface area contributed by atoms with Gasteiger partial charge in [0.15, 0.2) is 0 Å². The maximum atomic E-state index is 13.6. The van der Waals surface area contributed by atoms with Crippen LogP contribution in [0.25, 0.3) is 11.3 Å². The zero-order chi connectivity index (χ0) is 30.8. The van der Waals surface area contributed by atoms with Crippen molar-refractivity contribution in [2.45, 2.75) is 39.5 Å². The van der Waals surface area contributed by atoms with Gasteiger partial charge in [-0.3, -0.25) is 18.7 Å². The number of halogens is 3. The monoisotopic (exact) mass is 588 g/mol. The van der Waals surface area contributed by atoms with E-state index in [1.807, 2.05) is 0 Å². The van der Waals surface area contributed by atoms with E-state index in [4.69, 9.17) is 15.0 Å². The van der Waals surface area contributed by atoms with Gasteiger partial charge in [-0.15, -0.1) is 0 Å². The van der Waals surface area contributed by atoms with Crippen molar-refractivity contribution in [3.63, 3.8) is 0 Å². The van der Waals surface area contributed by atoms with Gasteiger partial charge in [0.25, 0.3) is 5.56 Å². The third-order valence-corrected chi connectivity index (χ3v) is 6.08. The van der Waals surface area contributed by atoms with Crippen molar-refractivity contribution >= 4 is 23.2 Å². The number of hydrogen-bond acceptors (Lipinski definition) is 10. The lowest BCUT2D eigenvalue weighted by molar-refractivity contribution is -0.139. The first-order valence-electron chi connectivity index (χ1n) is 12.6. The van der Waals surface area contributed by atoms with Crippen LogP contribution < -0.4 is 32.4 Å². The second-order valence-corrected chi connectivity index (χ2v) is 9.19. The number of aromatic nitrogens is 5. The molecule has 0 aliphatic carbocycles. The summed E-state index contributed by atoms with van der Waals surface area (Å²) in [7, 11) is 1.37. The predicted octanol–water partition coefficient (Wildman–Crippen LogP) is 2.79. The minimum Gasteiger partial charge on any atom is -0.478 e. The molecule has 0 radical (unpaired) electrons. The minimum atomic E-state index is -4.71. The summed E-state index contributed by atoms with van der Waals surface area (Å²) in [5, 5.41) is 9.08. The largest absolute Gasteiger partial charge is 0.478 e. The molecule has 4 aromatic rings. The summed E-state index contributed by atoms with van der Waals surface area (Å²) in [5.74, 6) is -0.870. The van der Waals surface area contributed by atoms with E-state index in [0.29, 0.717) is 11.5 Å². The fourth-order valence-electron chi connectivity index (χ4n) is 3.94. The Kier molecular flexibility index (Phi) is 8.35. The molecule has 0 aliphatic rings. The number of nitrogen functional groups attached to an aromatic ring is 1. The van der Waals surface area contributed by atoms with Crippen molar-refractivity contribution in [1.82, 2.24) is 24.3 Å². The van der Waals surface area contributed by atoms with E-state index in [2.05, 4.69) is 25.8 Å². The molecule has 0 bridgehead atoms. The number of ether oxygens (including phenoxy) is 1. The fourth-order valence-corrected chi connectivity index (χ4v) is 3.94. The van der Waals surface area contributed by atoms with Crippen LogP contribution in [-0.2, 0) is 24.6 Å². The molecule has 0 saturated carbocycles. The van der Waals surface area contributed by atoms with Crippen molar-refractivity contribution in [2.24, 2.45) is 7.05 Å². The predicted molar refractivity (Wildman–Crippen MR) is 146 cm³/mol. The smallest absolute Gasteiger partial charge is 0.421 e. The standard InChI is InChI=1S/C26H27F3N8O5/c1-5-41-23-17(26(27,28)29)10-15(11-31-23)18-7-6-8-19(33-18)34-22(38)14(3)32-20-21(30)36(4)25(40)37(24(20)39)12-16-9-13(2)42-35-16/h6-11,14,32H,5,12,30H2,1-4H3,(H,33,34,38). The molecule has 222 valence electrons. The van der Waals surface area contributed by atoms with Crippen LogP contribution in [0.1, 0.15) is 30.9 Å². The Balaban J connectivity index is 1.56. The number of amides is 1. The number of anilines is 3. The highest BCUT2D eigenvalue weighted by molar-refractivity contribution is 5.96. The summed E-state index contributed by atoms with van der Waals surface area (Å²) < 4.78 is 52.6. The maximum Gasteiger partial charge on any atom is 0.421 e. The van der Waals surface area contributed by atoms with Crippen LogP contribution in [-0.4, -0.2) is 42.8 Å². The van der Waals surface area contributed by atoms with Gasteiger partial charge >= 0.3 is 11.9 Å². The molecule has 4 N–H and O–H groups in total. The van der Waals surface area contributed by atoms with Crippen LogP contribution in [0, 0.1) is 6.92 Å². The zero-order valence-corrected chi connectivity index (χ0v) is 22.9. The molecule has 4 rings (SSSR count). The van der Waals surface area contributed by atoms with Crippen LogP contribution in [0.2, 0.25) is 0 Å². The molecule has 0 fully saturated rings. The molecule has 1 amide bonds. The number of carbonyl (C=O) groups excluding carboxylic acids is 1. The van der Waals surface area contributed by atoms with Crippen molar-refractivity contribution in [3.8, 4) is 17.1 Å². The quantitative estimate of drug-likeness (QED) is 0.264. The highest BCUT2D eigenvalue weighted by atomic mass is 19.4. The topological polar surface area (TPSA) is 172 Å². The average molecular weight is 589 g/mol. The second kappa shape index (κ2) is 11.8. The minimum absolute atomic E-state index is 0.00147. The van der Waals surface area contributed by atoms with Crippen LogP contribution in [0.15, 0.2) is 50.6 Å². The van der Waals surface area contributed by atoms with E-state index in [9.17, 15) is 27.6 Å². The van der Waals surface area contributed by atoms with Crippen LogP contribution in [0.4, 0.5) is 30.5 Å². The lowest BCUT2D eigenvalue weighted by Crippen LogP contribution is -2.43. The number of nitrogens with one attached hydrogen (secondary N) is 2. The summed E-state index contributed by atoms with van der Waals surface area (Å²) in [6.45, 7) is 4.46. The van der Waals surface area contributed by atoms with Gasteiger partial charge in [0.05, 0.1) is 18.8 Å². The Bertz CT molecular complexity index is 1750. The second-order valence-electron chi connectivity index (χ2n) is 9.19. The lowest BCUT2D eigenvalue weighted by atomic mass is 10.1. The summed E-state index contributed by atoms with van der Waals surface area (Å²) in [6, 6.07) is 5.76. The molecule has 42 heavy (non-hydrogen) atoms. The van der Waals surface area contributed by atoms with Gasteiger partial charge in [0.1, 0.15) is 40.4 Å². The first kappa shape index (κ1) is 29.8. The molecular formula is C26H27F3N8O5. The number of nitrogens with zero attached hydrogens (tertiary/aromatic N) is 5. The van der Waals surface area contributed by atoms with E-state index < -0.39 is 40.8 Å². The van der Waals surface area contributed by atoms with Crippen LogP contribution in [0.3, 0.4) is 0 Å². The van der Waals surface area contributed by atoms with Gasteiger partial charge in [-0.1, -0.05) is 11.2 Å². The van der Waals surface area contributed by atoms with Gasteiger partial charge in [0.2, 0.25) is 11.8 Å². The van der Waals surface area contributed by atoms with Crippen LogP contribution in [0.5, 0.6) is 5.88 Å². The molecule has 1 atom stereocenters. The molecule has 4 heterocycles. The number of carbonyl (C=O) groups is 1. The Morgan fingerprint density at radius 1 is 1.24 bits per heavy atom. The van der Waals surface area contributed by atoms with Gasteiger partial charge in [-0.2, -0.15) is 13.2 Å². The third-order valence-electron chi connectivity index (χ3n) is 6.08. The van der Waals surface area contributed by atoms with E-state index in [-0.39, 0.29) is 41.7 Å². The Morgan fingerprint density at radius 3 is 2.62 bits per heavy atom. The average Bonchev–Trinajstić information content (AvgIpc) is 3.36. The Hall–Kier alpha value is -5.15. The van der Waals surface area contributed by atoms with E-state index in [1.54, 1.807) is 19.9 Å². The van der Waals surface area contributed by atoms with E-state index in [0.717, 1.165) is 15.2 Å². The van der Waals surface area contributed by atoms with E-state index in [1.165, 1.54) is 38.4 Å². The molecule has 0 saturated heterocycles. The molecule has 0 aromatic carbocycles. The van der Waals surface area contributed by atoms with Crippen molar-refractivity contribution in [3.05, 3.63) is 74.4 Å². The molecule has 4 aromatic heterocycles. The first-order chi connectivity index (χ1) is 19.8. The molecular weight excluding hydrogens is 561 g/mol. The summed E-state index contributed by atoms with van der Waals surface area (Å²) >= 11 is 0. The van der Waals surface area contributed by atoms with Crippen molar-refractivity contribution < 1.29 is 27.2 Å². The number of alkyl halides is 3. The molecule has 13 nitrogen and oxygen atoms in total. The third kappa shape index (κ3) is 6.26. The molecule has 0 spiro atoms. The van der Waals surface area contributed by atoms with Crippen LogP contribution >= 0.6 is 0 Å². The number of nitrogens with two attached hydrogens (primary N) is 1. The lowest BCUT2D eigenvalue weighted by Gasteiger charge is -2.18. The zero-order valence-electron chi connectivity index (χ0n) is 22.9. The highest BCUT2D eigenvalue weighted by Crippen LogP contribution is 2.37. The molecule has 0 aliphatic heterocycles. The summed E-state index contributed by atoms with van der Waals surface area (Å²) in [4.78, 5) is 46.9. The SMILES string of the molecule is CCOc1ncc(-c2cccc(NC(=O)C(C)Nc3c(N)n(C)c(=O)n(Cc4cc(C)on4)c3=O)n2)cc1C(F)(F)F. The van der Waals surface area contributed by atoms with E-state index >= 15 is 0 Å². The number of pyridine rings is 2. The van der Waals surface area contributed by atoms with Crippen molar-refractivity contribution in [1.29, 1.82) is 0 Å². The number of rotatable bonds is 9. The van der Waals surface area contributed by atoms with Gasteiger partial charge in [-0.05, 0) is 39.0 Å². The Morgan fingerprint density at radius 2 is 1.98 bits per heavy atom. The normalized spacial score (nSPS) is 12.2. The van der Waals surface area contributed by atoms with Gasteiger partial charge < -0.3 is 25.6 Å². The Labute approximate surface area is 236 Å². The highest BCUT2D eigenvalue weighted by Gasteiger charge is 2.36. The maximum absolute atomic E-state index is 13.6. The van der Waals surface area contributed by atoms with Gasteiger partial charge in [0, 0.05) is 24.9 Å². The van der Waals surface area contributed by atoms with Crippen molar-refractivity contribution in [2.75, 3.05) is 23.0 Å².